The molecule has 1 aliphatic rings. The fourth-order valence-corrected chi connectivity index (χ4v) is 6.38. The molecule has 0 atom stereocenters. The number of hydrogen-bond acceptors (Lipinski definition) is 9. The van der Waals surface area contributed by atoms with Crippen LogP contribution in [0.15, 0.2) is 32.7 Å². The first-order valence-electron chi connectivity index (χ1n) is 11.2. The first kappa shape index (κ1) is 22.9. The van der Waals surface area contributed by atoms with Gasteiger partial charge in [-0.25, -0.2) is 4.98 Å². The Labute approximate surface area is 205 Å². The third kappa shape index (κ3) is 4.09. The lowest BCUT2D eigenvalue weighted by Gasteiger charge is -2.17. The number of methoxy groups -OCH3 is 2. The number of thiophene rings is 1. The molecule has 0 radical (unpaired) electrons. The minimum Gasteiger partial charge on any atom is -0.497 e. The first-order chi connectivity index (χ1) is 16.5. The van der Waals surface area contributed by atoms with Crippen molar-refractivity contribution in [1.29, 1.82) is 0 Å². The van der Waals surface area contributed by atoms with Crippen LogP contribution in [0.3, 0.4) is 0 Å². The Bertz CT molecular complexity index is 1400. The average Bonchev–Trinajstić information content (AvgIpc) is 3.59. The zero-order valence-corrected chi connectivity index (χ0v) is 21.2. The molecule has 0 unspecified atom stereocenters. The maximum Gasteiger partial charge on any atom is 0.263 e. The zero-order chi connectivity index (χ0) is 23.8. The van der Waals surface area contributed by atoms with E-state index in [9.17, 15) is 4.79 Å². The molecule has 0 saturated heterocycles. The molecule has 0 N–H and O–H groups in total. The van der Waals surface area contributed by atoms with Crippen LogP contribution in [-0.2, 0) is 5.75 Å². The number of fused-ring (bicyclic) bond motifs is 1. The van der Waals surface area contributed by atoms with Crippen molar-refractivity contribution in [3.8, 4) is 22.9 Å². The van der Waals surface area contributed by atoms with Crippen molar-refractivity contribution >= 4 is 33.3 Å². The number of nitrogens with zero attached hydrogens (tertiary/aromatic N) is 4. The van der Waals surface area contributed by atoms with Gasteiger partial charge < -0.3 is 14.0 Å². The minimum absolute atomic E-state index is 0.0652. The van der Waals surface area contributed by atoms with E-state index in [0.29, 0.717) is 34.1 Å². The highest BCUT2D eigenvalue weighted by molar-refractivity contribution is 7.98. The summed E-state index contributed by atoms with van der Waals surface area (Å²) in [6.07, 6.45) is 4.28. The molecule has 8 nitrogen and oxygen atoms in total. The molecule has 1 aliphatic carbocycles. The molecule has 34 heavy (non-hydrogen) atoms. The van der Waals surface area contributed by atoms with E-state index in [4.69, 9.17) is 19.0 Å². The van der Waals surface area contributed by atoms with E-state index in [0.717, 1.165) is 51.9 Å². The van der Waals surface area contributed by atoms with Crippen LogP contribution in [0.4, 0.5) is 0 Å². The second-order valence-electron chi connectivity index (χ2n) is 8.34. The number of hydrogen-bond donors (Lipinski definition) is 0. The molecule has 10 heteroatoms. The van der Waals surface area contributed by atoms with Crippen LogP contribution in [0.2, 0.25) is 0 Å². The average molecular weight is 499 g/mol. The Morgan fingerprint density at radius 3 is 2.71 bits per heavy atom. The van der Waals surface area contributed by atoms with Gasteiger partial charge >= 0.3 is 0 Å². The lowest BCUT2D eigenvalue weighted by atomic mass is 10.2. The molecule has 0 aliphatic heterocycles. The topological polar surface area (TPSA) is 92.3 Å². The fraction of sp³-hybridized carbons (Fsp3) is 0.417. The Morgan fingerprint density at radius 2 is 1.97 bits per heavy atom. The monoisotopic (exact) mass is 498 g/mol. The molecule has 1 fully saturated rings. The summed E-state index contributed by atoms with van der Waals surface area (Å²) < 4.78 is 18.2. The summed E-state index contributed by atoms with van der Waals surface area (Å²) in [4.78, 5) is 24.9. The predicted molar refractivity (Wildman–Crippen MR) is 133 cm³/mol. The van der Waals surface area contributed by atoms with E-state index in [1.54, 1.807) is 31.6 Å². The zero-order valence-electron chi connectivity index (χ0n) is 19.6. The summed E-state index contributed by atoms with van der Waals surface area (Å²) in [5.41, 5.74) is 1.82. The summed E-state index contributed by atoms with van der Waals surface area (Å²) in [5.74, 6) is 2.61. The van der Waals surface area contributed by atoms with Crippen LogP contribution in [0.1, 0.15) is 48.1 Å². The van der Waals surface area contributed by atoms with Crippen molar-refractivity contribution in [3.63, 3.8) is 0 Å². The van der Waals surface area contributed by atoms with Crippen molar-refractivity contribution in [2.24, 2.45) is 0 Å². The van der Waals surface area contributed by atoms with Gasteiger partial charge in [-0.3, -0.25) is 9.36 Å². The third-order valence-corrected chi connectivity index (χ3v) is 8.37. The molecule has 0 spiro atoms. The second kappa shape index (κ2) is 9.42. The predicted octanol–water partition coefficient (Wildman–Crippen LogP) is 5.55. The van der Waals surface area contributed by atoms with E-state index >= 15 is 0 Å². The van der Waals surface area contributed by atoms with Gasteiger partial charge in [0.2, 0.25) is 11.7 Å². The van der Waals surface area contributed by atoms with Gasteiger partial charge in [-0.15, -0.1) is 11.3 Å². The third-order valence-electron chi connectivity index (χ3n) is 6.33. The van der Waals surface area contributed by atoms with E-state index in [1.807, 2.05) is 30.5 Å². The van der Waals surface area contributed by atoms with Crippen LogP contribution < -0.4 is 15.0 Å². The maximum atomic E-state index is 13.5. The molecular weight excluding hydrogens is 472 g/mol. The molecule has 1 saturated carbocycles. The summed E-state index contributed by atoms with van der Waals surface area (Å²) in [5, 5.41) is 5.61. The standard InChI is InChI=1S/C24H26N4O4S2/c1-13-14(2)34-22-20(13)23(29)28(15-7-5-6-8-15)24(26-22)33-12-19-25-21(27-32-19)17-10-9-16(30-3)11-18(17)31-4/h9-11,15H,5-8,12H2,1-4H3. The Hall–Kier alpha value is -2.85. The number of aromatic nitrogens is 4. The summed E-state index contributed by atoms with van der Waals surface area (Å²) in [6.45, 7) is 4.05. The second-order valence-corrected chi connectivity index (χ2v) is 10.5. The van der Waals surface area contributed by atoms with Gasteiger partial charge in [-0.2, -0.15) is 4.98 Å². The van der Waals surface area contributed by atoms with Gasteiger partial charge in [-0.05, 0) is 44.4 Å². The summed E-state index contributed by atoms with van der Waals surface area (Å²) >= 11 is 3.04. The molecule has 1 aromatic carbocycles. The number of rotatable bonds is 7. The Kier molecular flexibility index (Phi) is 6.35. The summed E-state index contributed by atoms with van der Waals surface area (Å²) in [7, 11) is 3.20. The SMILES string of the molecule is COc1ccc(-c2noc(CSc3nc4sc(C)c(C)c4c(=O)n3C3CCCC3)n2)c(OC)c1. The largest absolute Gasteiger partial charge is 0.497 e. The Balaban J connectivity index is 1.45. The lowest BCUT2D eigenvalue weighted by molar-refractivity contribution is 0.388. The molecule has 178 valence electrons. The van der Waals surface area contributed by atoms with E-state index in [2.05, 4.69) is 10.1 Å². The highest BCUT2D eigenvalue weighted by Crippen LogP contribution is 2.36. The van der Waals surface area contributed by atoms with Crippen molar-refractivity contribution in [2.45, 2.75) is 56.5 Å². The van der Waals surface area contributed by atoms with Gasteiger partial charge in [0.15, 0.2) is 5.16 Å². The fourth-order valence-electron chi connectivity index (χ4n) is 4.41. The van der Waals surface area contributed by atoms with Crippen molar-refractivity contribution < 1.29 is 14.0 Å². The van der Waals surface area contributed by atoms with Gasteiger partial charge in [0.1, 0.15) is 16.3 Å². The van der Waals surface area contributed by atoms with Crippen molar-refractivity contribution in [1.82, 2.24) is 19.7 Å². The van der Waals surface area contributed by atoms with Crippen LogP contribution >= 0.6 is 23.1 Å². The highest BCUT2D eigenvalue weighted by Gasteiger charge is 2.25. The van der Waals surface area contributed by atoms with E-state index in [-0.39, 0.29) is 11.6 Å². The molecule has 4 aromatic rings. The molecular formula is C24H26N4O4S2. The van der Waals surface area contributed by atoms with Gasteiger partial charge in [0.05, 0.1) is 30.9 Å². The molecule has 3 heterocycles. The quantitative estimate of drug-likeness (QED) is 0.242. The highest BCUT2D eigenvalue weighted by atomic mass is 32.2. The smallest absolute Gasteiger partial charge is 0.263 e. The van der Waals surface area contributed by atoms with Crippen molar-refractivity contribution in [3.05, 3.63) is 44.9 Å². The Morgan fingerprint density at radius 1 is 1.18 bits per heavy atom. The normalized spacial score (nSPS) is 14.2. The molecule has 0 amide bonds. The molecule has 0 bridgehead atoms. The van der Waals surface area contributed by atoms with Crippen molar-refractivity contribution in [2.75, 3.05) is 14.2 Å². The van der Waals surface area contributed by atoms with Gasteiger partial charge in [0.25, 0.3) is 5.56 Å². The maximum absolute atomic E-state index is 13.5. The number of aryl methyl sites for hydroxylation is 2. The molecule has 5 rings (SSSR count). The number of ether oxygens (including phenoxy) is 2. The van der Waals surface area contributed by atoms with Gasteiger partial charge in [0, 0.05) is 17.0 Å². The van der Waals surface area contributed by atoms with E-state index in [1.165, 1.54) is 11.8 Å². The summed E-state index contributed by atoms with van der Waals surface area (Å²) in [6, 6.07) is 5.64. The van der Waals surface area contributed by atoms with Crippen LogP contribution in [0.5, 0.6) is 11.5 Å². The van der Waals surface area contributed by atoms with Crippen LogP contribution in [0, 0.1) is 13.8 Å². The van der Waals surface area contributed by atoms with Crippen LogP contribution in [-0.4, -0.2) is 33.9 Å². The van der Waals surface area contributed by atoms with Gasteiger partial charge in [-0.1, -0.05) is 29.8 Å². The van der Waals surface area contributed by atoms with Crippen LogP contribution in [0.25, 0.3) is 21.6 Å². The lowest BCUT2D eigenvalue weighted by Crippen LogP contribution is -2.26. The number of thioether (sulfide) groups is 1. The first-order valence-corrected chi connectivity index (χ1v) is 13.0. The van der Waals surface area contributed by atoms with E-state index < -0.39 is 0 Å². The minimum atomic E-state index is 0.0652. The number of benzene rings is 1. The molecule has 3 aromatic heterocycles.